The standard InChI is InChI=1S/C18H22O2.C4H2O3/c1-17(2,15-11-7-5-8-12-15)19-20-18(3,4)16-13-9-6-10-14-16;5-3-1-2-4(6)7-3/h5-14H,1-4H3;1-2H. The van der Waals surface area contributed by atoms with Crippen molar-refractivity contribution in [2.75, 3.05) is 0 Å². The van der Waals surface area contributed by atoms with Gasteiger partial charge in [-0.05, 0) is 38.8 Å². The Balaban J connectivity index is 0.000000313. The van der Waals surface area contributed by atoms with Crippen LogP contribution in [0.5, 0.6) is 0 Å². The van der Waals surface area contributed by atoms with Gasteiger partial charge in [-0.3, -0.25) is 0 Å². The fourth-order valence-corrected chi connectivity index (χ4v) is 2.29. The molecule has 142 valence electrons. The van der Waals surface area contributed by atoms with Crippen molar-refractivity contribution in [3.8, 4) is 0 Å². The van der Waals surface area contributed by atoms with Gasteiger partial charge in [0.2, 0.25) is 0 Å². The molecule has 0 bridgehead atoms. The number of carbonyl (C=O) groups excluding carboxylic acids is 2. The number of cyclic esters (lactones) is 2. The summed E-state index contributed by atoms with van der Waals surface area (Å²) >= 11 is 0. The van der Waals surface area contributed by atoms with Gasteiger partial charge in [-0.1, -0.05) is 60.7 Å². The monoisotopic (exact) mass is 368 g/mol. The Morgan fingerprint density at radius 2 is 0.963 bits per heavy atom. The van der Waals surface area contributed by atoms with Crippen LogP contribution in [-0.4, -0.2) is 11.9 Å². The van der Waals surface area contributed by atoms with E-state index < -0.39 is 23.1 Å². The predicted molar refractivity (Wildman–Crippen MR) is 101 cm³/mol. The van der Waals surface area contributed by atoms with Crippen molar-refractivity contribution in [1.29, 1.82) is 0 Å². The van der Waals surface area contributed by atoms with Crippen molar-refractivity contribution in [2.24, 2.45) is 0 Å². The van der Waals surface area contributed by atoms with Crippen LogP contribution in [0.25, 0.3) is 0 Å². The lowest BCUT2D eigenvalue weighted by Crippen LogP contribution is -2.29. The fourth-order valence-electron chi connectivity index (χ4n) is 2.29. The van der Waals surface area contributed by atoms with Crippen molar-refractivity contribution in [3.63, 3.8) is 0 Å². The van der Waals surface area contributed by atoms with Crippen LogP contribution in [0.4, 0.5) is 0 Å². The molecule has 0 amide bonds. The van der Waals surface area contributed by atoms with Crippen LogP contribution in [0.1, 0.15) is 38.8 Å². The number of carbonyl (C=O) groups is 2. The Bertz CT molecular complexity index is 724. The molecule has 0 N–H and O–H groups in total. The maximum absolute atomic E-state index is 9.92. The third-order valence-electron chi connectivity index (χ3n) is 3.95. The van der Waals surface area contributed by atoms with E-state index in [1.165, 1.54) is 0 Å². The quantitative estimate of drug-likeness (QED) is 0.338. The Morgan fingerprint density at radius 3 is 1.22 bits per heavy atom. The molecule has 0 fully saturated rings. The fraction of sp³-hybridized carbons (Fsp3) is 0.273. The number of ether oxygens (including phenoxy) is 1. The van der Waals surface area contributed by atoms with Gasteiger partial charge in [0.1, 0.15) is 11.2 Å². The van der Waals surface area contributed by atoms with Crippen molar-refractivity contribution in [3.05, 3.63) is 83.9 Å². The second kappa shape index (κ2) is 8.75. The lowest BCUT2D eigenvalue weighted by Gasteiger charge is -2.31. The number of hydrogen-bond donors (Lipinski definition) is 0. The maximum atomic E-state index is 9.92. The first-order valence-corrected chi connectivity index (χ1v) is 8.62. The van der Waals surface area contributed by atoms with E-state index in [9.17, 15) is 9.59 Å². The smallest absolute Gasteiger partial charge is 0.338 e. The minimum Gasteiger partial charge on any atom is -0.387 e. The van der Waals surface area contributed by atoms with Crippen molar-refractivity contribution in [1.82, 2.24) is 0 Å². The van der Waals surface area contributed by atoms with Gasteiger partial charge < -0.3 is 4.74 Å². The Hall–Kier alpha value is -2.76. The normalized spacial score (nSPS) is 13.8. The highest BCUT2D eigenvalue weighted by Gasteiger charge is 2.29. The van der Waals surface area contributed by atoms with Crippen LogP contribution in [0.2, 0.25) is 0 Å². The van der Waals surface area contributed by atoms with E-state index in [-0.39, 0.29) is 0 Å². The molecule has 3 rings (SSSR count). The van der Waals surface area contributed by atoms with E-state index in [2.05, 4.69) is 4.74 Å². The summed E-state index contributed by atoms with van der Waals surface area (Å²) in [6.45, 7) is 8.01. The molecule has 1 aliphatic rings. The van der Waals surface area contributed by atoms with Crippen LogP contribution < -0.4 is 0 Å². The summed E-state index contributed by atoms with van der Waals surface area (Å²) in [6, 6.07) is 20.2. The highest BCUT2D eigenvalue weighted by molar-refractivity contribution is 6.04. The van der Waals surface area contributed by atoms with E-state index in [4.69, 9.17) is 9.78 Å². The number of hydrogen-bond acceptors (Lipinski definition) is 5. The third-order valence-corrected chi connectivity index (χ3v) is 3.95. The summed E-state index contributed by atoms with van der Waals surface area (Å²) in [5.74, 6) is -1.16. The van der Waals surface area contributed by atoms with Crippen molar-refractivity contribution < 1.29 is 24.1 Å². The SMILES string of the molecule is CC(C)(OOC(C)(C)c1ccccc1)c1ccccc1.O=C1C=CC(=O)O1. The molecule has 0 radical (unpaired) electrons. The summed E-state index contributed by atoms with van der Waals surface area (Å²) in [7, 11) is 0. The van der Waals surface area contributed by atoms with Gasteiger partial charge in [-0.15, -0.1) is 0 Å². The second-order valence-electron chi connectivity index (χ2n) is 6.99. The summed E-state index contributed by atoms with van der Waals surface area (Å²) in [5, 5.41) is 0. The van der Waals surface area contributed by atoms with Crippen molar-refractivity contribution in [2.45, 2.75) is 38.9 Å². The maximum Gasteiger partial charge on any atom is 0.338 e. The van der Waals surface area contributed by atoms with E-state index in [1.807, 2.05) is 88.4 Å². The van der Waals surface area contributed by atoms with Gasteiger partial charge in [0.15, 0.2) is 0 Å². The minimum atomic E-state index is -0.579. The molecule has 0 spiro atoms. The largest absolute Gasteiger partial charge is 0.387 e. The molecule has 2 aromatic carbocycles. The first-order valence-electron chi connectivity index (χ1n) is 8.62. The van der Waals surface area contributed by atoms with Gasteiger partial charge in [0.25, 0.3) is 0 Å². The molecule has 1 aliphatic heterocycles. The summed E-state index contributed by atoms with van der Waals surface area (Å²) in [6.07, 6.45) is 2.17. The number of rotatable bonds is 5. The molecular formula is C22H24O5. The molecular weight excluding hydrogens is 344 g/mol. The zero-order valence-corrected chi connectivity index (χ0v) is 16.0. The van der Waals surface area contributed by atoms with E-state index >= 15 is 0 Å². The van der Waals surface area contributed by atoms with E-state index in [1.54, 1.807) is 0 Å². The molecule has 5 nitrogen and oxygen atoms in total. The zero-order valence-electron chi connectivity index (χ0n) is 16.0. The summed E-state index contributed by atoms with van der Waals surface area (Å²) in [4.78, 5) is 31.3. The molecule has 0 saturated heterocycles. The molecule has 5 heteroatoms. The van der Waals surface area contributed by atoms with E-state index in [0.29, 0.717) is 0 Å². The van der Waals surface area contributed by atoms with Gasteiger partial charge in [-0.2, -0.15) is 0 Å². The number of esters is 2. The lowest BCUT2D eigenvalue weighted by atomic mass is 9.98. The number of benzene rings is 2. The third kappa shape index (κ3) is 6.16. The molecule has 0 aliphatic carbocycles. The average Bonchev–Trinajstić information content (AvgIpc) is 3.05. The second-order valence-corrected chi connectivity index (χ2v) is 6.99. The summed E-state index contributed by atoms with van der Waals surface area (Å²) in [5.41, 5.74) is 1.19. The Labute approximate surface area is 159 Å². The first-order chi connectivity index (χ1) is 12.7. The van der Waals surface area contributed by atoms with Gasteiger partial charge >= 0.3 is 11.9 Å². The highest BCUT2D eigenvalue weighted by Crippen LogP contribution is 2.31. The average molecular weight is 368 g/mol. The molecule has 0 saturated carbocycles. The topological polar surface area (TPSA) is 61.8 Å². The van der Waals surface area contributed by atoms with Crippen molar-refractivity contribution >= 4 is 11.9 Å². The van der Waals surface area contributed by atoms with Crippen LogP contribution in [-0.2, 0) is 35.3 Å². The van der Waals surface area contributed by atoms with Gasteiger partial charge in [0.05, 0.1) is 0 Å². The lowest BCUT2D eigenvalue weighted by molar-refractivity contribution is -0.410. The highest BCUT2D eigenvalue weighted by atomic mass is 17.2. The van der Waals surface area contributed by atoms with E-state index in [0.717, 1.165) is 23.3 Å². The van der Waals surface area contributed by atoms with Crippen LogP contribution >= 0.6 is 0 Å². The van der Waals surface area contributed by atoms with Crippen LogP contribution in [0, 0.1) is 0 Å². The predicted octanol–water partition coefficient (Wildman–Crippen LogP) is 4.43. The van der Waals surface area contributed by atoms with Crippen LogP contribution in [0.3, 0.4) is 0 Å². The molecule has 1 heterocycles. The van der Waals surface area contributed by atoms with Gasteiger partial charge in [-0.25, -0.2) is 19.4 Å². The zero-order chi connectivity index (χ0) is 19.9. The summed E-state index contributed by atoms with van der Waals surface area (Å²) < 4.78 is 3.97. The molecule has 0 unspecified atom stereocenters. The molecule has 27 heavy (non-hydrogen) atoms. The Kier molecular flexibility index (Phi) is 6.66. The Morgan fingerprint density at radius 1 is 0.630 bits per heavy atom. The first kappa shape index (κ1) is 20.6. The molecule has 2 aromatic rings. The molecule has 0 aromatic heterocycles. The van der Waals surface area contributed by atoms with Gasteiger partial charge in [0, 0.05) is 12.2 Å². The minimum absolute atomic E-state index is 0.493. The van der Waals surface area contributed by atoms with Crippen LogP contribution in [0.15, 0.2) is 72.8 Å². The molecule has 0 atom stereocenters.